The van der Waals surface area contributed by atoms with Crippen molar-refractivity contribution in [1.29, 1.82) is 0 Å². The molecule has 0 aromatic heterocycles. The second kappa shape index (κ2) is 7.24. The van der Waals surface area contributed by atoms with Gasteiger partial charge >= 0.3 is 0 Å². The molecule has 1 aliphatic rings. The smallest absolute Gasteiger partial charge is 0.231 e. The lowest BCUT2D eigenvalue weighted by Crippen LogP contribution is -2.16. The van der Waals surface area contributed by atoms with Crippen molar-refractivity contribution in [2.45, 2.75) is 26.3 Å². The summed E-state index contributed by atoms with van der Waals surface area (Å²) in [4.78, 5) is 0. The van der Waals surface area contributed by atoms with Gasteiger partial charge < -0.3 is 19.5 Å². The van der Waals surface area contributed by atoms with Gasteiger partial charge in [0.1, 0.15) is 0 Å². The largest absolute Gasteiger partial charge is 0.454 e. The third-order valence-corrected chi connectivity index (χ3v) is 2.78. The van der Waals surface area contributed by atoms with E-state index in [1.165, 1.54) is 0 Å². The first kappa shape index (κ1) is 13.2. The highest BCUT2D eigenvalue weighted by atomic mass is 16.7. The Bertz CT molecular complexity index is 368. The molecule has 100 valence electrons. The van der Waals surface area contributed by atoms with Crippen molar-refractivity contribution in [2.75, 3.05) is 26.6 Å². The first-order valence-electron chi connectivity index (χ1n) is 6.57. The zero-order valence-electron chi connectivity index (χ0n) is 10.9. The van der Waals surface area contributed by atoms with E-state index in [0.29, 0.717) is 6.79 Å². The first-order chi connectivity index (χ1) is 8.92. The van der Waals surface area contributed by atoms with Crippen LogP contribution in [0, 0.1) is 0 Å². The van der Waals surface area contributed by atoms with Crippen molar-refractivity contribution in [3.63, 3.8) is 0 Å². The van der Waals surface area contributed by atoms with E-state index in [9.17, 15) is 0 Å². The molecule has 0 spiro atoms. The molecule has 0 aliphatic carbocycles. The molecule has 1 aliphatic heterocycles. The van der Waals surface area contributed by atoms with Crippen molar-refractivity contribution in [3.8, 4) is 11.5 Å². The lowest BCUT2D eigenvalue weighted by molar-refractivity contribution is 0.132. The van der Waals surface area contributed by atoms with Crippen LogP contribution in [0.1, 0.15) is 25.3 Å². The van der Waals surface area contributed by atoms with Gasteiger partial charge in [-0.3, -0.25) is 0 Å². The number of hydrogen-bond donors (Lipinski definition) is 1. The normalized spacial score (nSPS) is 12.9. The highest BCUT2D eigenvalue weighted by Crippen LogP contribution is 2.35. The van der Waals surface area contributed by atoms with E-state index in [2.05, 4.69) is 18.3 Å². The summed E-state index contributed by atoms with van der Waals surface area (Å²) in [6, 6.07) is 5.99. The van der Waals surface area contributed by atoms with E-state index in [0.717, 1.165) is 56.2 Å². The Labute approximate surface area is 108 Å². The molecule has 4 heteroatoms. The fraction of sp³-hybridized carbons (Fsp3) is 0.571. The van der Waals surface area contributed by atoms with Crippen LogP contribution >= 0.6 is 0 Å². The van der Waals surface area contributed by atoms with Crippen LogP contribution in [0.3, 0.4) is 0 Å². The molecule has 2 rings (SSSR count). The Kier molecular flexibility index (Phi) is 5.30. The molecule has 18 heavy (non-hydrogen) atoms. The quantitative estimate of drug-likeness (QED) is 0.720. The minimum Gasteiger partial charge on any atom is -0.454 e. The Balaban J connectivity index is 1.66. The molecular weight excluding hydrogens is 230 g/mol. The molecule has 0 unspecified atom stereocenters. The van der Waals surface area contributed by atoms with E-state index in [1.54, 1.807) is 0 Å². The number of fused-ring (bicyclic) bond motifs is 1. The summed E-state index contributed by atoms with van der Waals surface area (Å²) >= 11 is 0. The number of para-hydroxylation sites is 1. The lowest BCUT2D eigenvalue weighted by atomic mass is 10.2. The van der Waals surface area contributed by atoms with Gasteiger partial charge in [-0.1, -0.05) is 19.1 Å². The highest BCUT2D eigenvalue weighted by Gasteiger charge is 2.16. The summed E-state index contributed by atoms with van der Waals surface area (Å²) in [5.74, 6) is 1.73. The molecule has 1 aromatic rings. The van der Waals surface area contributed by atoms with Gasteiger partial charge in [0, 0.05) is 25.3 Å². The van der Waals surface area contributed by atoms with Gasteiger partial charge in [0.15, 0.2) is 11.5 Å². The number of ether oxygens (including phenoxy) is 3. The summed E-state index contributed by atoms with van der Waals surface area (Å²) < 4.78 is 16.2. The maximum absolute atomic E-state index is 5.45. The highest BCUT2D eigenvalue weighted by molar-refractivity contribution is 5.48. The van der Waals surface area contributed by atoms with Crippen LogP contribution in [-0.2, 0) is 11.3 Å². The number of nitrogens with one attached hydrogen (secondary N) is 1. The molecule has 1 heterocycles. The Hall–Kier alpha value is -1.26. The van der Waals surface area contributed by atoms with E-state index >= 15 is 0 Å². The molecule has 4 nitrogen and oxygen atoms in total. The predicted molar refractivity (Wildman–Crippen MR) is 70.0 cm³/mol. The second-order valence-electron chi connectivity index (χ2n) is 4.29. The van der Waals surface area contributed by atoms with Crippen molar-refractivity contribution < 1.29 is 14.2 Å². The predicted octanol–water partition coefficient (Wildman–Crippen LogP) is 2.32. The van der Waals surface area contributed by atoms with Crippen molar-refractivity contribution >= 4 is 0 Å². The molecule has 0 bridgehead atoms. The van der Waals surface area contributed by atoms with Crippen LogP contribution in [0.2, 0.25) is 0 Å². The molecule has 0 fully saturated rings. The SMILES string of the molecule is CCCOCCCNCc1cccc2c1OCO2. The van der Waals surface area contributed by atoms with Crippen LogP contribution in [0.5, 0.6) is 11.5 Å². The first-order valence-corrected chi connectivity index (χ1v) is 6.57. The van der Waals surface area contributed by atoms with Crippen LogP contribution in [-0.4, -0.2) is 26.6 Å². The Morgan fingerprint density at radius 2 is 2.22 bits per heavy atom. The van der Waals surface area contributed by atoms with Crippen molar-refractivity contribution in [2.24, 2.45) is 0 Å². The molecule has 0 atom stereocenters. The molecule has 1 N–H and O–H groups in total. The van der Waals surface area contributed by atoms with Gasteiger partial charge in [-0.05, 0) is 25.5 Å². The van der Waals surface area contributed by atoms with Crippen molar-refractivity contribution in [1.82, 2.24) is 5.32 Å². The minimum absolute atomic E-state index is 0.331. The van der Waals surface area contributed by atoms with Crippen LogP contribution in [0.4, 0.5) is 0 Å². The average Bonchev–Trinajstić information content (AvgIpc) is 2.86. The van der Waals surface area contributed by atoms with Crippen LogP contribution < -0.4 is 14.8 Å². The number of benzene rings is 1. The summed E-state index contributed by atoms with van der Waals surface area (Å²) in [5, 5.41) is 3.39. The van der Waals surface area contributed by atoms with Gasteiger partial charge in [-0.2, -0.15) is 0 Å². The van der Waals surface area contributed by atoms with Crippen molar-refractivity contribution in [3.05, 3.63) is 23.8 Å². The maximum atomic E-state index is 5.45. The average molecular weight is 251 g/mol. The molecular formula is C14H21NO3. The monoisotopic (exact) mass is 251 g/mol. The summed E-state index contributed by atoms with van der Waals surface area (Å²) in [6.45, 7) is 5.90. The maximum Gasteiger partial charge on any atom is 0.231 e. The van der Waals surface area contributed by atoms with Gasteiger partial charge in [-0.15, -0.1) is 0 Å². The second-order valence-corrected chi connectivity index (χ2v) is 4.29. The third kappa shape index (κ3) is 3.62. The number of hydrogen-bond acceptors (Lipinski definition) is 4. The zero-order valence-corrected chi connectivity index (χ0v) is 10.9. The third-order valence-electron chi connectivity index (χ3n) is 2.78. The molecule has 0 saturated heterocycles. The van der Waals surface area contributed by atoms with E-state index in [1.807, 2.05) is 12.1 Å². The summed E-state index contributed by atoms with van der Waals surface area (Å²) in [7, 11) is 0. The molecule has 0 radical (unpaired) electrons. The topological polar surface area (TPSA) is 39.7 Å². The number of rotatable bonds is 8. The van der Waals surface area contributed by atoms with E-state index in [4.69, 9.17) is 14.2 Å². The van der Waals surface area contributed by atoms with E-state index in [-0.39, 0.29) is 0 Å². The van der Waals surface area contributed by atoms with Gasteiger partial charge in [0.05, 0.1) is 0 Å². The van der Waals surface area contributed by atoms with Crippen LogP contribution in [0.15, 0.2) is 18.2 Å². The van der Waals surface area contributed by atoms with Gasteiger partial charge in [0.25, 0.3) is 0 Å². The minimum atomic E-state index is 0.331. The zero-order chi connectivity index (χ0) is 12.6. The standard InChI is InChI=1S/C14H21NO3/c1-2-8-16-9-4-7-15-10-12-5-3-6-13-14(12)18-11-17-13/h3,5-6,15H,2,4,7-11H2,1H3. The fourth-order valence-corrected chi connectivity index (χ4v) is 1.90. The van der Waals surface area contributed by atoms with Gasteiger partial charge in [-0.25, -0.2) is 0 Å². The van der Waals surface area contributed by atoms with Crippen LogP contribution in [0.25, 0.3) is 0 Å². The van der Waals surface area contributed by atoms with E-state index < -0.39 is 0 Å². The van der Waals surface area contributed by atoms with Gasteiger partial charge in [0.2, 0.25) is 6.79 Å². The lowest BCUT2D eigenvalue weighted by Gasteiger charge is -2.07. The molecule has 0 amide bonds. The molecule has 1 aromatic carbocycles. The Morgan fingerprint density at radius 3 is 3.11 bits per heavy atom. The molecule has 0 saturated carbocycles. The fourth-order valence-electron chi connectivity index (χ4n) is 1.90. The summed E-state index contributed by atoms with van der Waals surface area (Å²) in [6.07, 6.45) is 2.12. The Morgan fingerprint density at radius 1 is 1.28 bits per heavy atom. The summed E-state index contributed by atoms with van der Waals surface area (Å²) in [5.41, 5.74) is 1.15.